The quantitative estimate of drug-likeness (QED) is 0.791. The molecule has 3 N–H and O–H groups in total. The molecule has 1 atom stereocenters. The summed E-state index contributed by atoms with van der Waals surface area (Å²) in [4.78, 5) is 26.3. The first-order valence-electron chi connectivity index (χ1n) is 5.92. The van der Waals surface area contributed by atoms with Gasteiger partial charge in [0.2, 0.25) is 0 Å². The average molecular weight is 285 g/mol. The molecule has 0 spiro atoms. The van der Waals surface area contributed by atoms with Crippen molar-refractivity contribution in [2.24, 2.45) is 5.41 Å². The van der Waals surface area contributed by atoms with E-state index in [1.165, 1.54) is 16.7 Å². The summed E-state index contributed by atoms with van der Waals surface area (Å²) in [5.41, 5.74) is 0.0156. The number of nitrogens with zero attached hydrogens (tertiary/aromatic N) is 1. The van der Waals surface area contributed by atoms with E-state index in [-0.39, 0.29) is 23.2 Å². The molecule has 0 saturated heterocycles. The zero-order chi connectivity index (χ0) is 14.6. The van der Waals surface area contributed by atoms with Crippen LogP contribution in [-0.4, -0.2) is 28.6 Å². The van der Waals surface area contributed by atoms with Gasteiger partial charge in [-0.15, -0.1) is 11.3 Å². The van der Waals surface area contributed by atoms with Crippen LogP contribution in [0.1, 0.15) is 49.2 Å². The van der Waals surface area contributed by atoms with Crippen molar-refractivity contribution in [2.75, 3.05) is 6.54 Å². The van der Waals surface area contributed by atoms with Gasteiger partial charge in [0.1, 0.15) is 5.01 Å². The zero-order valence-electron chi connectivity index (χ0n) is 11.5. The molecule has 0 radical (unpaired) electrons. The van der Waals surface area contributed by atoms with E-state index in [0.29, 0.717) is 11.6 Å². The minimum atomic E-state index is -1.06. The molecule has 1 aromatic rings. The summed E-state index contributed by atoms with van der Waals surface area (Å²) in [5, 5.41) is 16.3. The third-order valence-electron chi connectivity index (χ3n) is 2.24. The summed E-state index contributed by atoms with van der Waals surface area (Å²) >= 11 is 1.22. The number of aromatic carboxylic acids is 1. The standard InChI is InChI=1S/C12H19N3O3S/c1-7(9-15-8(5-19-9)10(16)17)14-11(18)13-6-12(2,3)4/h5,7H,6H2,1-4H3,(H,16,17)(H2,13,14,18). The van der Waals surface area contributed by atoms with Gasteiger partial charge in [-0.25, -0.2) is 14.6 Å². The third kappa shape index (κ3) is 5.25. The zero-order valence-corrected chi connectivity index (χ0v) is 12.3. The van der Waals surface area contributed by atoms with Crippen LogP contribution < -0.4 is 10.6 Å². The lowest BCUT2D eigenvalue weighted by Crippen LogP contribution is -2.40. The van der Waals surface area contributed by atoms with E-state index in [2.05, 4.69) is 15.6 Å². The Hall–Kier alpha value is -1.63. The highest BCUT2D eigenvalue weighted by Gasteiger charge is 2.17. The number of rotatable bonds is 4. The molecule has 1 rings (SSSR count). The van der Waals surface area contributed by atoms with Crippen molar-refractivity contribution in [1.29, 1.82) is 0 Å². The maximum Gasteiger partial charge on any atom is 0.355 e. The van der Waals surface area contributed by atoms with Crippen LogP contribution >= 0.6 is 11.3 Å². The third-order valence-corrected chi connectivity index (χ3v) is 3.27. The number of carbonyl (C=O) groups is 2. The lowest BCUT2D eigenvalue weighted by atomic mass is 9.97. The first-order valence-corrected chi connectivity index (χ1v) is 6.80. The van der Waals surface area contributed by atoms with Crippen LogP contribution in [-0.2, 0) is 0 Å². The Bertz CT molecular complexity index is 465. The normalized spacial score (nSPS) is 12.8. The summed E-state index contributed by atoms with van der Waals surface area (Å²) in [6.07, 6.45) is 0. The van der Waals surface area contributed by atoms with Crippen molar-refractivity contribution >= 4 is 23.3 Å². The lowest BCUT2D eigenvalue weighted by molar-refractivity contribution is 0.0691. The van der Waals surface area contributed by atoms with Crippen LogP contribution in [0.25, 0.3) is 0 Å². The number of thiazole rings is 1. The van der Waals surface area contributed by atoms with Crippen LogP contribution in [0.5, 0.6) is 0 Å². The molecule has 1 aromatic heterocycles. The largest absolute Gasteiger partial charge is 0.476 e. The van der Waals surface area contributed by atoms with E-state index in [4.69, 9.17) is 5.11 Å². The molecule has 1 unspecified atom stereocenters. The van der Waals surface area contributed by atoms with Crippen LogP contribution in [0.15, 0.2) is 5.38 Å². The van der Waals surface area contributed by atoms with Crippen molar-refractivity contribution in [3.63, 3.8) is 0 Å². The summed E-state index contributed by atoms with van der Waals surface area (Å²) in [5.74, 6) is -1.06. The molecule has 19 heavy (non-hydrogen) atoms. The predicted octanol–water partition coefficient (Wildman–Crippen LogP) is 2.25. The smallest absolute Gasteiger partial charge is 0.355 e. The molecular weight excluding hydrogens is 266 g/mol. The summed E-state index contributed by atoms with van der Waals surface area (Å²) in [6.45, 7) is 8.40. The van der Waals surface area contributed by atoms with E-state index >= 15 is 0 Å². The van der Waals surface area contributed by atoms with Gasteiger partial charge in [0, 0.05) is 11.9 Å². The highest BCUT2D eigenvalue weighted by molar-refractivity contribution is 7.09. The summed E-state index contributed by atoms with van der Waals surface area (Å²) in [7, 11) is 0. The number of hydrogen-bond donors (Lipinski definition) is 3. The van der Waals surface area contributed by atoms with Crippen molar-refractivity contribution in [1.82, 2.24) is 15.6 Å². The van der Waals surface area contributed by atoms with Gasteiger partial charge in [-0.3, -0.25) is 0 Å². The van der Waals surface area contributed by atoms with Gasteiger partial charge in [-0.2, -0.15) is 0 Å². The molecular formula is C12H19N3O3S. The number of hydrogen-bond acceptors (Lipinski definition) is 4. The number of carbonyl (C=O) groups excluding carboxylic acids is 1. The second kappa shape index (κ2) is 6.01. The van der Waals surface area contributed by atoms with Crippen molar-refractivity contribution < 1.29 is 14.7 Å². The van der Waals surface area contributed by atoms with E-state index in [9.17, 15) is 9.59 Å². The molecule has 1 heterocycles. The van der Waals surface area contributed by atoms with Crippen LogP contribution in [0.2, 0.25) is 0 Å². The van der Waals surface area contributed by atoms with E-state index in [1.807, 2.05) is 20.8 Å². The van der Waals surface area contributed by atoms with Crippen molar-refractivity contribution in [3.8, 4) is 0 Å². The predicted molar refractivity (Wildman–Crippen MR) is 73.5 cm³/mol. The minimum Gasteiger partial charge on any atom is -0.476 e. The first-order chi connectivity index (χ1) is 8.69. The van der Waals surface area contributed by atoms with E-state index < -0.39 is 5.97 Å². The fourth-order valence-electron chi connectivity index (χ4n) is 1.24. The van der Waals surface area contributed by atoms with Crippen LogP contribution in [0.3, 0.4) is 0 Å². The van der Waals surface area contributed by atoms with Gasteiger partial charge < -0.3 is 15.7 Å². The SMILES string of the molecule is CC(NC(=O)NCC(C)(C)C)c1nc(C(=O)O)cs1. The van der Waals surface area contributed by atoms with E-state index in [0.717, 1.165) is 0 Å². The second-order valence-electron chi connectivity index (χ2n) is 5.49. The highest BCUT2D eigenvalue weighted by Crippen LogP contribution is 2.18. The topological polar surface area (TPSA) is 91.3 Å². The molecule has 0 saturated carbocycles. The average Bonchev–Trinajstić information content (AvgIpc) is 2.74. The Morgan fingerprint density at radius 3 is 2.58 bits per heavy atom. The Morgan fingerprint density at radius 1 is 1.47 bits per heavy atom. The lowest BCUT2D eigenvalue weighted by Gasteiger charge is -2.20. The fourth-order valence-corrected chi connectivity index (χ4v) is 2.04. The Kier molecular flexibility index (Phi) is 4.88. The maximum atomic E-state index is 11.7. The Balaban J connectivity index is 2.51. The number of nitrogens with one attached hydrogen (secondary N) is 2. The van der Waals surface area contributed by atoms with Gasteiger partial charge in [0.15, 0.2) is 5.69 Å². The van der Waals surface area contributed by atoms with Crippen LogP contribution in [0.4, 0.5) is 4.79 Å². The van der Waals surface area contributed by atoms with E-state index in [1.54, 1.807) is 6.92 Å². The number of carboxylic acid groups (broad SMARTS) is 1. The molecule has 0 bridgehead atoms. The molecule has 0 aliphatic rings. The molecule has 0 aliphatic carbocycles. The number of carboxylic acids is 1. The maximum absolute atomic E-state index is 11.7. The molecule has 6 nitrogen and oxygen atoms in total. The minimum absolute atomic E-state index is 0.00347. The van der Waals surface area contributed by atoms with Gasteiger partial charge in [-0.05, 0) is 12.3 Å². The highest BCUT2D eigenvalue weighted by atomic mass is 32.1. The monoisotopic (exact) mass is 285 g/mol. The molecule has 0 aliphatic heterocycles. The van der Waals surface area contributed by atoms with Gasteiger partial charge in [0.25, 0.3) is 0 Å². The fraction of sp³-hybridized carbons (Fsp3) is 0.583. The van der Waals surface area contributed by atoms with Gasteiger partial charge >= 0.3 is 12.0 Å². The van der Waals surface area contributed by atoms with Gasteiger partial charge in [0.05, 0.1) is 6.04 Å². The molecule has 2 amide bonds. The van der Waals surface area contributed by atoms with Crippen molar-refractivity contribution in [3.05, 3.63) is 16.1 Å². The van der Waals surface area contributed by atoms with Crippen LogP contribution in [0, 0.1) is 5.41 Å². The Morgan fingerprint density at radius 2 is 2.11 bits per heavy atom. The van der Waals surface area contributed by atoms with Crippen molar-refractivity contribution in [2.45, 2.75) is 33.7 Å². The summed E-state index contributed by atoms with van der Waals surface area (Å²) in [6, 6.07) is -0.604. The molecule has 106 valence electrons. The Labute approximate surface area is 116 Å². The molecule has 7 heteroatoms. The first kappa shape index (κ1) is 15.4. The number of urea groups is 1. The van der Waals surface area contributed by atoms with Gasteiger partial charge in [-0.1, -0.05) is 20.8 Å². The second-order valence-corrected chi connectivity index (χ2v) is 6.38. The molecule has 0 fully saturated rings. The number of amides is 2. The summed E-state index contributed by atoms with van der Waals surface area (Å²) < 4.78 is 0. The molecule has 0 aromatic carbocycles. The number of aromatic nitrogens is 1.